The van der Waals surface area contributed by atoms with Crippen molar-refractivity contribution in [2.45, 2.75) is 64.3 Å². The molecule has 146 valence electrons. The number of esters is 1. The topological polar surface area (TPSA) is 110 Å². The van der Waals surface area contributed by atoms with Gasteiger partial charge < -0.3 is 19.7 Å². The Labute approximate surface area is 153 Å². The number of allylic oxidation sites excluding steroid dienone is 1. The van der Waals surface area contributed by atoms with Crippen LogP contribution in [-0.2, 0) is 23.9 Å². The second-order valence-electron chi connectivity index (χ2n) is 6.29. The first-order valence-corrected chi connectivity index (χ1v) is 8.94. The van der Waals surface area contributed by atoms with E-state index in [0.717, 1.165) is 6.42 Å². The summed E-state index contributed by atoms with van der Waals surface area (Å²) in [6, 6.07) is 0. The van der Waals surface area contributed by atoms with Gasteiger partial charge in [0.25, 0.3) is 6.47 Å². The van der Waals surface area contributed by atoms with Crippen LogP contribution in [0.1, 0.15) is 46.0 Å². The van der Waals surface area contributed by atoms with Gasteiger partial charge in [0.05, 0.1) is 12.5 Å². The minimum absolute atomic E-state index is 0.181. The molecule has 7 heteroatoms. The summed E-state index contributed by atoms with van der Waals surface area (Å²) in [5.74, 6) is -2.38. The van der Waals surface area contributed by atoms with Gasteiger partial charge >= 0.3 is 11.9 Å². The lowest BCUT2D eigenvalue weighted by atomic mass is 9.90. The molecule has 0 amide bonds. The largest absolute Gasteiger partial charge is 0.481 e. The van der Waals surface area contributed by atoms with Crippen molar-refractivity contribution in [3.63, 3.8) is 0 Å². The van der Waals surface area contributed by atoms with Crippen molar-refractivity contribution in [2.75, 3.05) is 0 Å². The lowest BCUT2D eigenvalue weighted by Crippen LogP contribution is -2.25. The van der Waals surface area contributed by atoms with Crippen molar-refractivity contribution in [2.24, 2.45) is 11.8 Å². The fourth-order valence-electron chi connectivity index (χ4n) is 3.13. The van der Waals surface area contributed by atoms with Gasteiger partial charge in [-0.3, -0.25) is 14.4 Å². The van der Waals surface area contributed by atoms with Crippen LogP contribution in [0, 0.1) is 11.8 Å². The predicted octanol–water partition coefficient (Wildman–Crippen LogP) is 2.23. The second-order valence-corrected chi connectivity index (χ2v) is 6.29. The Balaban J connectivity index is 2.94. The highest BCUT2D eigenvalue weighted by atomic mass is 16.5. The Hall–Kier alpha value is -2.15. The molecule has 7 nitrogen and oxygen atoms in total. The van der Waals surface area contributed by atoms with Gasteiger partial charge in [0.15, 0.2) is 0 Å². The van der Waals surface area contributed by atoms with Crippen LogP contribution in [0.3, 0.4) is 0 Å². The first-order chi connectivity index (χ1) is 12.4. The van der Waals surface area contributed by atoms with E-state index in [0.29, 0.717) is 12.9 Å². The van der Waals surface area contributed by atoms with Crippen molar-refractivity contribution in [3.05, 3.63) is 24.3 Å². The van der Waals surface area contributed by atoms with Crippen LogP contribution in [0.15, 0.2) is 24.3 Å². The summed E-state index contributed by atoms with van der Waals surface area (Å²) in [5, 5.41) is 19.2. The second kappa shape index (κ2) is 11.5. The Morgan fingerprint density at radius 2 is 2.00 bits per heavy atom. The Morgan fingerprint density at radius 1 is 1.27 bits per heavy atom. The van der Waals surface area contributed by atoms with Crippen LogP contribution in [0.25, 0.3) is 0 Å². The van der Waals surface area contributed by atoms with Crippen LogP contribution in [0.2, 0.25) is 0 Å². The molecule has 1 fully saturated rings. The minimum Gasteiger partial charge on any atom is -0.481 e. The fourth-order valence-corrected chi connectivity index (χ4v) is 3.13. The predicted molar refractivity (Wildman–Crippen MR) is 94.2 cm³/mol. The van der Waals surface area contributed by atoms with Gasteiger partial charge in [0.2, 0.25) is 0 Å². The van der Waals surface area contributed by atoms with Gasteiger partial charge in [-0.25, -0.2) is 0 Å². The van der Waals surface area contributed by atoms with E-state index in [1.165, 1.54) is 0 Å². The summed E-state index contributed by atoms with van der Waals surface area (Å²) >= 11 is 0. The molecule has 0 aromatic heterocycles. The molecule has 0 aromatic rings. The molecule has 0 aliphatic heterocycles. The zero-order valence-corrected chi connectivity index (χ0v) is 15.2. The number of ether oxygens (including phenoxy) is 2. The maximum Gasteiger partial charge on any atom is 0.306 e. The first-order valence-electron chi connectivity index (χ1n) is 8.94. The standard InChI is InChI=1S/C19H28O7/c1-3-5-6-7-13(26-19(24)4-2)8-9-14-15(10-18(22)23)16(21)11-17(14)25-12-20/h5-6,8-9,12-17,21H,3-4,7,10-11H2,1-2H3,(H,22,23)/b6-5-,9-8+/t13-,14+,15+,16-,17+/m0/s1. The number of hydrogen-bond acceptors (Lipinski definition) is 6. The van der Waals surface area contributed by atoms with Gasteiger partial charge in [-0.05, 0) is 12.5 Å². The van der Waals surface area contributed by atoms with E-state index >= 15 is 0 Å². The fraction of sp³-hybridized carbons (Fsp3) is 0.632. The van der Waals surface area contributed by atoms with Crippen molar-refractivity contribution >= 4 is 18.4 Å². The van der Waals surface area contributed by atoms with E-state index in [9.17, 15) is 19.5 Å². The summed E-state index contributed by atoms with van der Waals surface area (Å²) in [7, 11) is 0. The van der Waals surface area contributed by atoms with Crippen molar-refractivity contribution in [3.8, 4) is 0 Å². The highest BCUT2D eigenvalue weighted by Crippen LogP contribution is 2.37. The molecule has 1 rings (SSSR count). The Bertz CT molecular complexity index is 526. The number of aliphatic carboxylic acids is 1. The van der Waals surface area contributed by atoms with Crippen LogP contribution in [0.4, 0.5) is 0 Å². The number of hydrogen-bond donors (Lipinski definition) is 2. The number of carboxylic acid groups (broad SMARTS) is 1. The maximum atomic E-state index is 11.6. The van der Waals surface area contributed by atoms with E-state index < -0.39 is 36.1 Å². The van der Waals surface area contributed by atoms with Gasteiger partial charge in [-0.15, -0.1) is 0 Å². The molecule has 26 heavy (non-hydrogen) atoms. The zero-order valence-electron chi connectivity index (χ0n) is 15.2. The van der Waals surface area contributed by atoms with E-state index in [1.807, 2.05) is 19.1 Å². The van der Waals surface area contributed by atoms with Crippen LogP contribution in [0.5, 0.6) is 0 Å². The lowest BCUT2D eigenvalue weighted by Gasteiger charge is -2.21. The summed E-state index contributed by atoms with van der Waals surface area (Å²) in [6.45, 7) is 4.01. The third-order valence-electron chi connectivity index (χ3n) is 4.42. The smallest absolute Gasteiger partial charge is 0.306 e. The number of rotatable bonds is 11. The first kappa shape index (κ1) is 21.9. The number of aliphatic hydroxyl groups is 1. The number of carbonyl (C=O) groups excluding carboxylic acids is 2. The molecule has 0 saturated heterocycles. The van der Waals surface area contributed by atoms with E-state index in [-0.39, 0.29) is 25.2 Å². The average molecular weight is 368 g/mol. The Morgan fingerprint density at radius 3 is 2.58 bits per heavy atom. The van der Waals surface area contributed by atoms with Crippen molar-refractivity contribution < 1.29 is 34.1 Å². The monoisotopic (exact) mass is 368 g/mol. The molecule has 1 aliphatic carbocycles. The highest BCUT2D eigenvalue weighted by Gasteiger charge is 2.43. The molecular formula is C19H28O7. The molecule has 2 N–H and O–H groups in total. The third-order valence-corrected chi connectivity index (χ3v) is 4.42. The molecule has 5 atom stereocenters. The molecule has 0 heterocycles. The summed E-state index contributed by atoms with van der Waals surface area (Å²) in [5.41, 5.74) is 0. The Kier molecular flexibility index (Phi) is 9.65. The lowest BCUT2D eigenvalue weighted by molar-refractivity contribution is -0.146. The van der Waals surface area contributed by atoms with E-state index in [2.05, 4.69) is 0 Å². The summed E-state index contributed by atoms with van der Waals surface area (Å²) < 4.78 is 10.4. The average Bonchev–Trinajstić information content (AvgIpc) is 2.87. The minimum atomic E-state index is -1.03. The third kappa shape index (κ3) is 7.00. The zero-order chi connectivity index (χ0) is 19.5. The van der Waals surface area contributed by atoms with Gasteiger partial charge in [0.1, 0.15) is 12.2 Å². The van der Waals surface area contributed by atoms with Crippen LogP contribution < -0.4 is 0 Å². The molecule has 0 spiro atoms. The van der Waals surface area contributed by atoms with Gasteiger partial charge in [-0.2, -0.15) is 0 Å². The quantitative estimate of drug-likeness (QED) is 0.327. The SMILES string of the molecule is CC/C=C\C[C@@H](/C=C/[C@@H]1[C@@H](CC(=O)O)[C@@H](O)C[C@H]1OC=O)OC(=O)CC. The van der Waals surface area contributed by atoms with E-state index in [4.69, 9.17) is 14.6 Å². The summed E-state index contributed by atoms with van der Waals surface area (Å²) in [4.78, 5) is 33.4. The van der Waals surface area contributed by atoms with Crippen molar-refractivity contribution in [1.29, 1.82) is 0 Å². The van der Waals surface area contributed by atoms with Gasteiger partial charge in [-0.1, -0.05) is 32.1 Å². The number of carbonyl (C=O) groups is 3. The highest BCUT2D eigenvalue weighted by molar-refractivity contribution is 5.69. The molecular weight excluding hydrogens is 340 g/mol. The summed E-state index contributed by atoms with van der Waals surface area (Å²) in [6.07, 6.45) is 6.85. The van der Waals surface area contributed by atoms with Crippen LogP contribution in [-0.4, -0.2) is 46.9 Å². The molecule has 1 saturated carbocycles. The molecule has 0 bridgehead atoms. The number of carboxylic acids is 1. The van der Waals surface area contributed by atoms with Gasteiger partial charge in [0, 0.05) is 31.1 Å². The molecule has 0 unspecified atom stereocenters. The molecule has 0 aromatic carbocycles. The van der Waals surface area contributed by atoms with E-state index in [1.54, 1.807) is 19.1 Å². The van der Waals surface area contributed by atoms with Crippen LogP contribution >= 0.6 is 0 Å². The maximum absolute atomic E-state index is 11.6. The van der Waals surface area contributed by atoms with Crippen molar-refractivity contribution in [1.82, 2.24) is 0 Å². The normalized spacial score (nSPS) is 26.9. The molecule has 0 radical (unpaired) electrons. The number of aliphatic hydroxyl groups excluding tert-OH is 1. The molecule has 1 aliphatic rings.